The first-order valence-electron chi connectivity index (χ1n) is 6.13. The lowest BCUT2D eigenvalue weighted by Gasteiger charge is -2.08. The minimum atomic E-state index is 0.494. The fourth-order valence-electron chi connectivity index (χ4n) is 1.45. The van der Waals surface area contributed by atoms with Gasteiger partial charge >= 0.3 is 0 Å². The maximum Gasteiger partial charge on any atom is 0.193 e. The molecule has 0 aliphatic carbocycles. The fraction of sp³-hybridized carbons (Fsp3) is 0.500. The third-order valence-corrected chi connectivity index (χ3v) is 2.77. The number of anilines is 1. The number of nitrogens with one attached hydrogen (secondary N) is 1. The summed E-state index contributed by atoms with van der Waals surface area (Å²) < 4.78 is 0. The molecule has 0 spiro atoms. The van der Waals surface area contributed by atoms with Crippen LogP contribution in [0.15, 0.2) is 23.2 Å². The quantitative estimate of drug-likeness (QED) is 0.620. The SMILES string of the molecule is Cc1ccc(NC(N)=NCCC(C)C)cc1C. The zero-order valence-electron chi connectivity index (χ0n) is 11.2. The van der Waals surface area contributed by atoms with Crippen molar-refractivity contribution < 1.29 is 0 Å². The Balaban J connectivity index is 2.55. The van der Waals surface area contributed by atoms with E-state index in [1.807, 2.05) is 6.07 Å². The number of aryl methyl sites for hydroxylation is 2. The molecule has 0 atom stereocenters. The highest BCUT2D eigenvalue weighted by Gasteiger charge is 1.98. The van der Waals surface area contributed by atoms with Crippen LogP contribution < -0.4 is 11.1 Å². The van der Waals surface area contributed by atoms with E-state index in [4.69, 9.17) is 5.73 Å². The Morgan fingerprint density at radius 1 is 1.29 bits per heavy atom. The van der Waals surface area contributed by atoms with E-state index in [9.17, 15) is 0 Å². The van der Waals surface area contributed by atoms with Crippen molar-refractivity contribution in [3.8, 4) is 0 Å². The van der Waals surface area contributed by atoms with Crippen LogP contribution in [0.3, 0.4) is 0 Å². The van der Waals surface area contributed by atoms with Crippen molar-refractivity contribution in [2.24, 2.45) is 16.6 Å². The predicted molar refractivity (Wildman–Crippen MR) is 75.5 cm³/mol. The topological polar surface area (TPSA) is 50.4 Å². The molecule has 0 heterocycles. The minimum Gasteiger partial charge on any atom is -0.370 e. The number of aliphatic imine (C=N–C) groups is 1. The fourth-order valence-corrected chi connectivity index (χ4v) is 1.45. The van der Waals surface area contributed by atoms with Crippen LogP contribution in [0, 0.1) is 19.8 Å². The molecular formula is C14H23N3. The Hall–Kier alpha value is -1.51. The second-order valence-electron chi connectivity index (χ2n) is 4.87. The zero-order valence-corrected chi connectivity index (χ0v) is 11.2. The largest absolute Gasteiger partial charge is 0.370 e. The molecule has 0 saturated heterocycles. The van der Waals surface area contributed by atoms with E-state index in [0.29, 0.717) is 11.9 Å². The van der Waals surface area contributed by atoms with Gasteiger partial charge < -0.3 is 11.1 Å². The normalized spacial score (nSPS) is 11.9. The van der Waals surface area contributed by atoms with Gasteiger partial charge in [0.25, 0.3) is 0 Å². The number of hydrogen-bond donors (Lipinski definition) is 2. The second kappa shape index (κ2) is 6.28. The third kappa shape index (κ3) is 4.89. The molecule has 0 aliphatic rings. The molecule has 1 aromatic rings. The Morgan fingerprint density at radius 3 is 2.59 bits per heavy atom. The smallest absolute Gasteiger partial charge is 0.193 e. The highest BCUT2D eigenvalue weighted by atomic mass is 15.1. The van der Waals surface area contributed by atoms with Crippen molar-refractivity contribution in [1.82, 2.24) is 0 Å². The molecule has 94 valence electrons. The first kappa shape index (κ1) is 13.6. The first-order valence-corrected chi connectivity index (χ1v) is 6.13. The molecule has 0 aliphatic heterocycles. The van der Waals surface area contributed by atoms with Gasteiger partial charge in [-0.1, -0.05) is 19.9 Å². The van der Waals surface area contributed by atoms with Gasteiger partial charge in [0.1, 0.15) is 0 Å². The van der Waals surface area contributed by atoms with Crippen molar-refractivity contribution in [2.45, 2.75) is 34.1 Å². The minimum absolute atomic E-state index is 0.494. The summed E-state index contributed by atoms with van der Waals surface area (Å²) in [5.74, 6) is 1.15. The van der Waals surface area contributed by atoms with E-state index in [0.717, 1.165) is 18.7 Å². The van der Waals surface area contributed by atoms with Gasteiger partial charge in [0.05, 0.1) is 0 Å². The first-order chi connectivity index (χ1) is 7.99. The Kier molecular flexibility index (Phi) is 5.01. The van der Waals surface area contributed by atoms with E-state index in [-0.39, 0.29) is 0 Å². The van der Waals surface area contributed by atoms with Gasteiger partial charge in [0.15, 0.2) is 5.96 Å². The monoisotopic (exact) mass is 233 g/mol. The summed E-state index contributed by atoms with van der Waals surface area (Å²) in [5, 5.41) is 3.11. The van der Waals surface area contributed by atoms with Crippen molar-refractivity contribution >= 4 is 11.6 Å². The van der Waals surface area contributed by atoms with Gasteiger partial charge in [-0.25, -0.2) is 0 Å². The molecule has 1 aromatic carbocycles. The Bertz CT molecular complexity index is 394. The standard InChI is InChI=1S/C14H23N3/c1-10(2)7-8-16-14(15)17-13-6-5-11(3)12(4)9-13/h5-6,9-10H,7-8H2,1-4H3,(H3,15,16,17). The third-order valence-electron chi connectivity index (χ3n) is 2.77. The molecule has 0 aromatic heterocycles. The van der Waals surface area contributed by atoms with Crippen LogP contribution in [0.25, 0.3) is 0 Å². The van der Waals surface area contributed by atoms with Crippen LogP contribution in [-0.2, 0) is 0 Å². The summed E-state index contributed by atoms with van der Waals surface area (Å²) >= 11 is 0. The average molecular weight is 233 g/mol. The summed E-state index contributed by atoms with van der Waals surface area (Å²) in [4.78, 5) is 4.30. The van der Waals surface area contributed by atoms with Gasteiger partial charge in [-0.05, 0) is 49.4 Å². The summed E-state index contributed by atoms with van der Waals surface area (Å²) in [6.45, 7) is 9.33. The van der Waals surface area contributed by atoms with E-state index >= 15 is 0 Å². The molecule has 3 N–H and O–H groups in total. The summed E-state index contributed by atoms with van der Waals surface area (Å²) in [6.07, 6.45) is 1.06. The van der Waals surface area contributed by atoms with Gasteiger partial charge in [-0.2, -0.15) is 0 Å². The van der Waals surface area contributed by atoms with E-state index in [1.165, 1.54) is 11.1 Å². The molecule has 1 rings (SSSR count). The highest BCUT2D eigenvalue weighted by molar-refractivity contribution is 5.92. The Morgan fingerprint density at radius 2 is 2.00 bits per heavy atom. The van der Waals surface area contributed by atoms with E-state index in [2.05, 4.69) is 50.1 Å². The molecule has 0 fully saturated rings. The van der Waals surface area contributed by atoms with Crippen LogP contribution in [0.2, 0.25) is 0 Å². The van der Waals surface area contributed by atoms with Crippen molar-refractivity contribution in [2.75, 3.05) is 11.9 Å². The van der Waals surface area contributed by atoms with Gasteiger partial charge in [0.2, 0.25) is 0 Å². The van der Waals surface area contributed by atoms with E-state index in [1.54, 1.807) is 0 Å². The van der Waals surface area contributed by atoms with Gasteiger partial charge in [0, 0.05) is 12.2 Å². The summed E-state index contributed by atoms with van der Waals surface area (Å²) in [6, 6.07) is 6.19. The molecule has 0 saturated carbocycles. The van der Waals surface area contributed by atoms with Gasteiger partial charge in [-0.3, -0.25) is 4.99 Å². The van der Waals surface area contributed by atoms with Gasteiger partial charge in [-0.15, -0.1) is 0 Å². The molecular weight excluding hydrogens is 210 g/mol. The van der Waals surface area contributed by atoms with Crippen LogP contribution in [0.5, 0.6) is 0 Å². The molecule has 3 nitrogen and oxygen atoms in total. The molecule has 17 heavy (non-hydrogen) atoms. The lowest BCUT2D eigenvalue weighted by molar-refractivity contribution is 0.597. The average Bonchev–Trinajstić information content (AvgIpc) is 2.23. The summed E-state index contributed by atoms with van der Waals surface area (Å²) in [7, 11) is 0. The number of benzene rings is 1. The van der Waals surface area contributed by atoms with E-state index < -0.39 is 0 Å². The number of rotatable bonds is 4. The highest BCUT2D eigenvalue weighted by Crippen LogP contribution is 2.13. The number of hydrogen-bond acceptors (Lipinski definition) is 1. The maximum atomic E-state index is 5.82. The van der Waals surface area contributed by atoms with Crippen molar-refractivity contribution in [3.05, 3.63) is 29.3 Å². The molecule has 0 bridgehead atoms. The lowest BCUT2D eigenvalue weighted by atomic mass is 10.1. The predicted octanol–water partition coefficient (Wildman–Crippen LogP) is 3.08. The molecule has 0 amide bonds. The zero-order chi connectivity index (χ0) is 12.8. The lowest BCUT2D eigenvalue weighted by Crippen LogP contribution is -2.23. The van der Waals surface area contributed by atoms with Crippen molar-refractivity contribution in [1.29, 1.82) is 0 Å². The number of nitrogens with two attached hydrogens (primary N) is 1. The van der Waals surface area contributed by atoms with Crippen LogP contribution >= 0.6 is 0 Å². The maximum absolute atomic E-state index is 5.82. The number of guanidine groups is 1. The van der Waals surface area contributed by atoms with Crippen LogP contribution in [0.1, 0.15) is 31.4 Å². The summed E-state index contributed by atoms with van der Waals surface area (Å²) in [5.41, 5.74) is 9.36. The second-order valence-corrected chi connectivity index (χ2v) is 4.87. The Labute approximate surface area is 104 Å². The molecule has 0 radical (unpaired) electrons. The molecule has 3 heteroatoms. The van der Waals surface area contributed by atoms with Crippen molar-refractivity contribution in [3.63, 3.8) is 0 Å². The molecule has 0 unspecified atom stereocenters. The van der Waals surface area contributed by atoms with Crippen LogP contribution in [0.4, 0.5) is 5.69 Å². The number of nitrogens with zero attached hydrogens (tertiary/aromatic N) is 1. The van der Waals surface area contributed by atoms with Crippen LogP contribution in [-0.4, -0.2) is 12.5 Å².